The van der Waals surface area contributed by atoms with Crippen LogP contribution in [0.3, 0.4) is 0 Å². The summed E-state index contributed by atoms with van der Waals surface area (Å²) in [7, 11) is 0. The number of fused-ring (bicyclic) bond motifs is 6. The molecule has 0 aliphatic heterocycles. The van der Waals surface area contributed by atoms with Crippen LogP contribution in [0.15, 0.2) is 206 Å². The number of nitrogens with zero attached hydrogens (tertiary/aromatic N) is 2. The van der Waals surface area contributed by atoms with Gasteiger partial charge < -0.3 is 9.13 Å². The lowest BCUT2D eigenvalue weighted by atomic mass is 9.73. The Morgan fingerprint density at radius 1 is 0.386 bits per heavy atom. The van der Waals surface area contributed by atoms with Gasteiger partial charge in [0.15, 0.2) is 0 Å². The lowest BCUT2D eigenvalue weighted by Gasteiger charge is -2.31. The van der Waals surface area contributed by atoms with Gasteiger partial charge in [0.1, 0.15) is 0 Å². The van der Waals surface area contributed by atoms with Gasteiger partial charge in [0.2, 0.25) is 0 Å². The van der Waals surface area contributed by atoms with Crippen LogP contribution in [0.1, 0.15) is 23.7 Å². The van der Waals surface area contributed by atoms with Crippen LogP contribution in [0.5, 0.6) is 0 Å². The number of hydrogen-bond acceptors (Lipinski definition) is 0. The molecule has 11 rings (SSSR count). The molecule has 10 aromatic rings. The third-order valence-electron chi connectivity index (χ3n) is 12.1. The van der Waals surface area contributed by atoms with Gasteiger partial charge in [0.25, 0.3) is 0 Å². The molecule has 8 aromatic carbocycles. The first-order valence-electron chi connectivity index (χ1n) is 19.9. The van der Waals surface area contributed by atoms with E-state index in [0.717, 1.165) is 6.42 Å². The molecule has 2 heteroatoms. The van der Waals surface area contributed by atoms with E-state index in [1.807, 2.05) is 0 Å². The van der Waals surface area contributed by atoms with Crippen LogP contribution in [0.4, 0.5) is 0 Å². The standard InChI is InChI=1S/C55H40N2/c1-55(44-28-29-49-47-24-11-13-26-51(47)56(54(49)36-44)45-23-15-22-41(33-45)38-16-5-2-6-17-38)31-30-53-50(37-55)48-25-12-14-27-52(48)57(53)46-34-42(39-18-7-3-8-19-39)32-43(35-46)40-20-9-4-10-21-40/h2-36H,37H2,1H3. The Morgan fingerprint density at radius 2 is 0.912 bits per heavy atom. The van der Waals surface area contributed by atoms with E-state index < -0.39 is 0 Å². The fourth-order valence-corrected chi connectivity index (χ4v) is 9.25. The van der Waals surface area contributed by atoms with Gasteiger partial charge in [-0.1, -0.05) is 165 Å². The summed E-state index contributed by atoms with van der Waals surface area (Å²) in [5, 5.41) is 3.85. The van der Waals surface area contributed by atoms with Crippen LogP contribution in [0, 0.1) is 0 Å². The minimum absolute atomic E-state index is 0.218. The molecule has 2 aromatic heterocycles. The van der Waals surface area contributed by atoms with Gasteiger partial charge in [-0.15, -0.1) is 0 Å². The van der Waals surface area contributed by atoms with Crippen LogP contribution < -0.4 is 0 Å². The number of para-hydroxylation sites is 2. The molecule has 57 heavy (non-hydrogen) atoms. The van der Waals surface area contributed by atoms with Crippen molar-refractivity contribution in [2.75, 3.05) is 0 Å². The largest absolute Gasteiger partial charge is 0.310 e. The Morgan fingerprint density at radius 3 is 1.58 bits per heavy atom. The van der Waals surface area contributed by atoms with Crippen molar-refractivity contribution in [3.05, 3.63) is 223 Å². The summed E-state index contributed by atoms with van der Waals surface area (Å²) in [5.74, 6) is 0. The molecular weight excluding hydrogens is 689 g/mol. The SMILES string of the molecule is CC1(c2ccc3c4ccccc4n(-c4cccc(-c5ccccc5)c4)c3c2)C=Cc2c(c3ccccc3n2-c2cc(-c3ccccc3)cc(-c3ccccc3)c2)C1. The molecule has 1 unspecified atom stereocenters. The third-order valence-corrected chi connectivity index (χ3v) is 12.1. The van der Waals surface area contributed by atoms with Crippen molar-refractivity contribution in [1.29, 1.82) is 0 Å². The summed E-state index contributed by atoms with van der Waals surface area (Å²) in [6.07, 6.45) is 5.73. The smallest absolute Gasteiger partial charge is 0.0544 e. The Bertz CT molecular complexity index is 3090. The molecule has 0 amide bonds. The van der Waals surface area contributed by atoms with Crippen LogP contribution in [0.2, 0.25) is 0 Å². The lowest BCUT2D eigenvalue weighted by molar-refractivity contribution is 0.588. The second-order valence-electron chi connectivity index (χ2n) is 15.6. The van der Waals surface area contributed by atoms with E-state index in [4.69, 9.17) is 0 Å². The zero-order valence-corrected chi connectivity index (χ0v) is 31.8. The average molecular weight is 729 g/mol. The molecule has 270 valence electrons. The molecule has 2 heterocycles. The summed E-state index contributed by atoms with van der Waals surface area (Å²) < 4.78 is 4.94. The van der Waals surface area contributed by atoms with Gasteiger partial charge in [-0.3, -0.25) is 0 Å². The summed E-state index contributed by atoms with van der Waals surface area (Å²) in [4.78, 5) is 0. The molecule has 0 N–H and O–H groups in total. The fraction of sp³-hybridized carbons (Fsp3) is 0.0545. The number of aromatic nitrogens is 2. The quantitative estimate of drug-likeness (QED) is 0.161. The van der Waals surface area contributed by atoms with Gasteiger partial charge in [0, 0.05) is 38.6 Å². The van der Waals surface area contributed by atoms with Crippen molar-refractivity contribution in [1.82, 2.24) is 9.13 Å². The normalized spacial score (nSPS) is 15.0. The number of hydrogen-bond donors (Lipinski definition) is 0. The van der Waals surface area contributed by atoms with Crippen molar-refractivity contribution in [3.8, 4) is 44.8 Å². The Hall–Kier alpha value is -7.16. The van der Waals surface area contributed by atoms with Gasteiger partial charge in [-0.2, -0.15) is 0 Å². The zero-order valence-electron chi connectivity index (χ0n) is 31.8. The topological polar surface area (TPSA) is 9.86 Å². The highest BCUT2D eigenvalue weighted by Crippen LogP contribution is 2.44. The van der Waals surface area contributed by atoms with E-state index in [1.165, 1.54) is 94.3 Å². The van der Waals surface area contributed by atoms with Crippen molar-refractivity contribution < 1.29 is 0 Å². The van der Waals surface area contributed by atoms with Gasteiger partial charge in [-0.05, 0) is 106 Å². The van der Waals surface area contributed by atoms with Crippen molar-refractivity contribution >= 4 is 38.8 Å². The monoisotopic (exact) mass is 728 g/mol. The van der Waals surface area contributed by atoms with Gasteiger partial charge in [-0.25, -0.2) is 0 Å². The highest BCUT2D eigenvalue weighted by molar-refractivity contribution is 6.09. The molecule has 0 fully saturated rings. The second-order valence-corrected chi connectivity index (χ2v) is 15.6. The van der Waals surface area contributed by atoms with Gasteiger partial charge >= 0.3 is 0 Å². The molecule has 0 saturated carbocycles. The van der Waals surface area contributed by atoms with Crippen molar-refractivity contribution in [2.45, 2.75) is 18.8 Å². The minimum atomic E-state index is -0.218. The number of allylic oxidation sites excluding steroid dienone is 1. The third kappa shape index (κ3) is 5.56. The number of rotatable bonds is 6. The maximum atomic E-state index is 2.49. The van der Waals surface area contributed by atoms with E-state index in [9.17, 15) is 0 Å². The molecule has 0 spiro atoms. The molecular formula is C55H40N2. The predicted molar refractivity (Wildman–Crippen MR) is 240 cm³/mol. The van der Waals surface area contributed by atoms with E-state index in [1.54, 1.807) is 0 Å². The highest BCUT2D eigenvalue weighted by Gasteiger charge is 2.32. The Balaban J connectivity index is 1.06. The minimum Gasteiger partial charge on any atom is -0.310 e. The summed E-state index contributed by atoms with van der Waals surface area (Å²) in [6, 6.07) is 73.1. The average Bonchev–Trinajstić information content (AvgIpc) is 3.79. The van der Waals surface area contributed by atoms with Crippen LogP contribution >= 0.6 is 0 Å². The summed E-state index contributed by atoms with van der Waals surface area (Å²) in [5.41, 5.74) is 17.0. The first-order chi connectivity index (χ1) is 28.1. The molecule has 1 atom stereocenters. The Labute approximate surface area is 333 Å². The second kappa shape index (κ2) is 13.3. The van der Waals surface area contributed by atoms with Crippen LogP contribution in [-0.4, -0.2) is 9.13 Å². The van der Waals surface area contributed by atoms with E-state index >= 15 is 0 Å². The zero-order chi connectivity index (χ0) is 37.9. The first kappa shape index (κ1) is 33.2. The maximum absolute atomic E-state index is 2.49. The first-order valence-corrected chi connectivity index (χ1v) is 19.9. The van der Waals surface area contributed by atoms with E-state index in [2.05, 4.69) is 228 Å². The molecule has 2 nitrogen and oxygen atoms in total. The molecule has 1 aliphatic carbocycles. The van der Waals surface area contributed by atoms with Crippen LogP contribution in [-0.2, 0) is 11.8 Å². The molecule has 0 saturated heterocycles. The van der Waals surface area contributed by atoms with E-state index in [-0.39, 0.29) is 5.41 Å². The molecule has 0 bridgehead atoms. The molecule has 1 aliphatic rings. The van der Waals surface area contributed by atoms with Gasteiger partial charge in [0.05, 0.1) is 16.6 Å². The van der Waals surface area contributed by atoms with E-state index in [0.29, 0.717) is 0 Å². The fourth-order valence-electron chi connectivity index (χ4n) is 9.25. The Kier molecular flexibility index (Phi) is 7.72. The molecule has 0 radical (unpaired) electrons. The lowest BCUT2D eigenvalue weighted by Crippen LogP contribution is -2.25. The highest BCUT2D eigenvalue weighted by atomic mass is 15.0. The van der Waals surface area contributed by atoms with Crippen LogP contribution in [0.25, 0.3) is 83.5 Å². The number of benzene rings is 8. The summed E-state index contributed by atoms with van der Waals surface area (Å²) in [6.45, 7) is 2.41. The maximum Gasteiger partial charge on any atom is 0.0544 e. The van der Waals surface area contributed by atoms with Crippen molar-refractivity contribution in [2.24, 2.45) is 0 Å². The summed E-state index contributed by atoms with van der Waals surface area (Å²) >= 11 is 0. The predicted octanol–water partition coefficient (Wildman–Crippen LogP) is 14.3. The van der Waals surface area contributed by atoms with Crippen molar-refractivity contribution in [3.63, 3.8) is 0 Å².